The van der Waals surface area contributed by atoms with Crippen LogP contribution in [0.2, 0.25) is 0 Å². The summed E-state index contributed by atoms with van der Waals surface area (Å²) in [6.07, 6.45) is 0. The van der Waals surface area contributed by atoms with E-state index in [0.29, 0.717) is 0 Å². The molecule has 3 aromatic heterocycles. The number of hydrogen-bond donors (Lipinski definition) is 0. The molecule has 0 radical (unpaired) electrons. The summed E-state index contributed by atoms with van der Waals surface area (Å²) in [6.45, 7) is 0. The van der Waals surface area contributed by atoms with E-state index in [0.717, 1.165) is 39.0 Å². The summed E-state index contributed by atoms with van der Waals surface area (Å²) in [7, 11) is 0. The Balaban J connectivity index is 1.42. The third kappa shape index (κ3) is 3.26. The van der Waals surface area contributed by atoms with Gasteiger partial charge >= 0.3 is 0 Å². The average Bonchev–Trinajstić information content (AvgIpc) is 3.63. The lowest BCUT2D eigenvalue weighted by molar-refractivity contribution is 1.08. The Bertz CT molecular complexity index is 2780. The van der Waals surface area contributed by atoms with Crippen LogP contribution in [-0.4, -0.2) is 14.5 Å². The van der Waals surface area contributed by atoms with Crippen LogP contribution in [0, 0.1) is 0 Å². The van der Waals surface area contributed by atoms with Crippen molar-refractivity contribution in [1.29, 1.82) is 0 Å². The van der Waals surface area contributed by atoms with Gasteiger partial charge in [0.25, 0.3) is 0 Å². The van der Waals surface area contributed by atoms with Gasteiger partial charge in [0.2, 0.25) is 0 Å². The van der Waals surface area contributed by atoms with Gasteiger partial charge in [-0.1, -0.05) is 115 Å². The third-order valence-corrected chi connectivity index (χ3v) is 10.2. The summed E-state index contributed by atoms with van der Waals surface area (Å²) in [6, 6.07) is 49.9. The second-order valence-electron chi connectivity index (χ2n) is 11.4. The number of aromatic nitrogens is 3. The zero-order valence-electron chi connectivity index (χ0n) is 23.5. The molecule has 10 rings (SSSR count). The number of hydrogen-bond acceptors (Lipinski definition) is 3. The molecule has 0 aliphatic heterocycles. The summed E-state index contributed by atoms with van der Waals surface area (Å²) in [5.41, 5.74) is 4.29. The molecule has 204 valence electrons. The van der Waals surface area contributed by atoms with Gasteiger partial charge in [-0.05, 0) is 40.4 Å². The average molecular weight is 578 g/mol. The first-order valence-electron chi connectivity index (χ1n) is 14.8. The highest BCUT2D eigenvalue weighted by molar-refractivity contribution is 7.26. The molecule has 10 aromatic rings. The van der Waals surface area contributed by atoms with Crippen molar-refractivity contribution in [2.24, 2.45) is 0 Å². The minimum atomic E-state index is 0.730. The molecule has 0 spiro atoms. The van der Waals surface area contributed by atoms with E-state index in [9.17, 15) is 0 Å². The molecule has 0 atom stereocenters. The molecule has 0 saturated carbocycles. The SMILES string of the molecule is c1ccc2c(-c3nc(-n4c5ccccc5c5ccc6ccc7c8ccccc8sc7c6c54)c4ccccc4n3)cccc2c1. The minimum Gasteiger partial charge on any atom is -0.292 e. The van der Waals surface area contributed by atoms with Crippen LogP contribution in [0.15, 0.2) is 140 Å². The van der Waals surface area contributed by atoms with Crippen LogP contribution in [0.4, 0.5) is 0 Å². The van der Waals surface area contributed by atoms with Crippen LogP contribution in [0.3, 0.4) is 0 Å². The van der Waals surface area contributed by atoms with Gasteiger partial charge in [0, 0.05) is 47.3 Å². The molecule has 3 heterocycles. The normalized spacial score (nSPS) is 12.1. The van der Waals surface area contributed by atoms with Crippen molar-refractivity contribution < 1.29 is 0 Å². The van der Waals surface area contributed by atoms with Crippen LogP contribution in [0.25, 0.3) is 91.6 Å². The van der Waals surface area contributed by atoms with E-state index in [1.54, 1.807) is 0 Å². The predicted molar refractivity (Wildman–Crippen MR) is 187 cm³/mol. The number of para-hydroxylation sites is 2. The summed E-state index contributed by atoms with van der Waals surface area (Å²) in [5.74, 6) is 1.63. The highest BCUT2D eigenvalue weighted by atomic mass is 32.1. The predicted octanol–water partition coefficient (Wildman–Crippen LogP) is 11.1. The van der Waals surface area contributed by atoms with E-state index in [-0.39, 0.29) is 0 Å². The highest BCUT2D eigenvalue weighted by Gasteiger charge is 2.21. The first-order chi connectivity index (χ1) is 21.8. The van der Waals surface area contributed by atoms with Gasteiger partial charge in [-0.3, -0.25) is 4.57 Å². The van der Waals surface area contributed by atoms with Crippen LogP contribution in [0.1, 0.15) is 0 Å². The maximum absolute atomic E-state index is 5.45. The fraction of sp³-hybridized carbons (Fsp3) is 0. The van der Waals surface area contributed by atoms with Crippen LogP contribution < -0.4 is 0 Å². The molecule has 0 fully saturated rings. The van der Waals surface area contributed by atoms with Gasteiger partial charge in [0.15, 0.2) is 5.82 Å². The van der Waals surface area contributed by atoms with E-state index in [2.05, 4.69) is 144 Å². The Kier molecular flexibility index (Phi) is 4.87. The molecule has 0 aliphatic carbocycles. The smallest absolute Gasteiger partial charge is 0.162 e. The number of nitrogens with zero attached hydrogens (tertiary/aromatic N) is 3. The van der Waals surface area contributed by atoms with E-state index in [4.69, 9.17) is 9.97 Å². The Labute approximate surface area is 256 Å². The zero-order chi connectivity index (χ0) is 28.8. The lowest BCUT2D eigenvalue weighted by Gasteiger charge is -2.14. The fourth-order valence-corrected chi connectivity index (χ4v) is 8.29. The quantitative estimate of drug-likeness (QED) is 0.205. The van der Waals surface area contributed by atoms with E-state index >= 15 is 0 Å². The summed E-state index contributed by atoms with van der Waals surface area (Å²) < 4.78 is 5.02. The van der Waals surface area contributed by atoms with E-state index < -0.39 is 0 Å². The highest BCUT2D eigenvalue weighted by Crippen LogP contribution is 2.44. The van der Waals surface area contributed by atoms with E-state index in [1.165, 1.54) is 52.6 Å². The van der Waals surface area contributed by atoms with Crippen molar-refractivity contribution >= 4 is 85.8 Å². The third-order valence-electron chi connectivity index (χ3n) is 8.98. The van der Waals surface area contributed by atoms with Crippen LogP contribution in [0.5, 0.6) is 0 Å². The number of rotatable bonds is 2. The Morgan fingerprint density at radius 2 is 1.18 bits per heavy atom. The molecule has 0 aliphatic rings. The van der Waals surface area contributed by atoms with E-state index in [1.807, 2.05) is 11.3 Å². The van der Waals surface area contributed by atoms with Crippen molar-refractivity contribution in [3.63, 3.8) is 0 Å². The van der Waals surface area contributed by atoms with Crippen molar-refractivity contribution in [3.05, 3.63) is 140 Å². The summed E-state index contributed by atoms with van der Waals surface area (Å²) >= 11 is 1.88. The van der Waals surface area contributed by atoms with Crippen LogP contribution in [-0.2, 0) is 0 Å². The lowest BCUT2D eigenvalue weighted by Crippen LogP contribution is -2.03. The van der Waals surface area contributed by atoms with Crippen molar-refractivity contribution in [2.75, 3.05) is 0 Å². The first kappa shape index (κ1) is 23.9. The van der Waals surface area contributed by atoms with Gasteiger partial charge in [0.05, 0.1) is 16.6 Å². The second kappa shape index (κ2) is 8.96. The standard InChI is InChI=1S/C40H23N3S/c1-2-12-26-24(10-1)11-9-16-31(26)39-41-33-17-6-3-15-32(33)40(42-39)43-34-18-7-4-13-27(34)29-22-20-25-21-23-30-28-14-5-8-19-35(28)44-38(30)36(25)37(29)43/h1-23H. The van der Waals surface area contributed by atoms with Crippen molar-refractivity contribution in [3.8, 4) is 17.2 Å². The summed E-state index contributed by atoms with van der Waals surface area (Å²) in [5, 5.41) is 10.9. The molecule has 0 saturated heterocycles. The van der Waals surface area contributed by atoms with Crippen molar-refractivity contribution in [2.45, 2.75) is 0 Å². The summed E-state index contributed by atoms with van der Waals surface area (Å²) in [4.78, 5) is 10.6. The van der Waals surface area contributed by atoms with Crippen LogP contribution >= 0.6 is 11.3 Å². The first-order valence-corrected chi connectivity index (χ1v) is 15.7. The Morgan fingerprint density at radius 1 is 0.477 bits per heavy atom. The maximum atomic E-state index is 5.45. The molecule has 0 N–H and O–H groups in total. The minimum absolute atomic E-state index is 0.730. The number of fused-ring (bicyclic) bond motifs is 11. The monoisotopic (exact) mass is 577 g/mol. The molecule has 4 heteroatoms. The van der Waals surface area contributed by atoms with Gasteiger partial charge < -0.3 is 0 Å². The van der Waals surface area contributed by atoms with Gasteiger partial charge in [-0.2, -0.15) is 0 Å². The maximum Gasteiger partial charge on any atom is 0.162 e. The molecular formula is C40H23N3S. The van der Waals surface area contributed by atoms with Gasteiger partial charge in [0.1, 0.15) is 5.82 Å². The van der Waals surface area contributed by atoms with Crippen molar-refractivity contribution in [1.82, 2.24) is 14.5 Å². The Hall–Kier alpha value is -5.58. The zero-order valence-corrected chi connectivity index (χ0v) is 24.3. The molecular weight excluding hydrogens is 555 g/mol. The topological polar surface area (TPSA) is 30.7 Å². The van der Waals surface area contributed by atoms with Gasteiger partial charge in [-0.15, -0.1) is 11.3 Å². The number of thiophene rings is 1. The molecule has 44 heavy (non-hydrogen) atoms. The fourth-order valence-electron chi connectivity index (χ4n) is 7.03. The second-order valence-corrected chi connectivity index (χ2v) is 12.4. The molecule has 0 amide bonds. The molecule has 3 nitrogen and oxygen atoms in total. The lowest BCUT2D eigenvalue weighted by atomic mass is 10.0. The molecule has 7 aromatic carbocycles. The number of benzene rings is 7. The largest absolute Gasteiger partial charge is 0.292 e. The van der Waals surface area contributed by atoms with Gasteiger partial charge in [-0.25, -0.2) is 9.97 Å². The molecule has 0 unspecified atom stereocenters. The molecule has 0 bridgehead atoms. The Morgan fingerprint density at radius 3 is 2.09 bits per heavy atom.